The van der Waals surface area contributed by atoms with Crippen LogP contribution in [0.2, 0.25) is 0 Å². The molecule has 0 fully saturated rings. The molecule has 0 aliphatic heterocycles. The maximum Gasteiger partial charge on any atom is 0.125 e. The first-order valence-corrected chi connectivity index (χ1v) is 6.83. The Kier molecular flexibility index (Phi) is 4.56. The highest BCUT2D eigenvalue weighted by Gasteiger charge is 2.15. The number of aliphatic hydroxyl groups is 1. The third-order valence-corrected chi connectivity index (χ3v) is 3.55. The van der Waals surface area contributed by atoms with E-state index in [-0.39, 0.29) is 0 Å². The standard InChI is InChI=1S/C15H16BrNO2/c1-10-4-3-7-17-13(10)9-14(18)12-6-5-11(16)8-15(12)19-2/h3-8,14,18H,9H2,1-2H3. The molecule has 2 aromatic rings. The third-order valence-electron chi connectivity index (χ3n) is 3.06. The summed E-state index contributed by atoms with van der Waals surface area (Å²) in [5.41, 5.74) is 2.76. The van der Waals surface area contributed by atoms with Crippen LogP contribution in [0, 0.1) is 6.92 Å². The van der Waals surface area contributed by atoms with Gasteiger partial charge in [-0.2, -0.15) is 0 Å². The number of ether oxygens (including phenoxy) is 1. The number of hydrogen-bond donors (Lipinski definition) is 1. The Morgan fingerprint density at radius 3 is 2.84 bits per heavy atom. The third kappa shape index (κ3) is 3.33. The van der Waals surface area contributed by atoms with E-state index in [9.17, 15) is 5.11 Å². The van der Waals surface area contributed by atoms with Crippen LogP contribution in [0.5, 0.6) is 5.75 Å². The van der Waals surface area contributed by atoms with E-state index in [0.717, 1.165) is 21.3 Å². The van der Waals surface area contributed by atoms with Gasteiger partial charge in [0.2, 0.25) is 0 Å². The van der Waals surface area contributed by atoms with Gasteiger partial charge in [0.1, 0.15) is 5.75 Å². The lowest BCUT2D eigenvalue weighted by Gasteiger charge is -2.15. The normalized spacial score (nSPS) is 12.2. The van der Waals surface area contributed by atoms with E-state index in [0.29, 0.717) is 12.2 Å². The number of halogens is 1. The minimum atomic E-state index is -0.628. The lowest BCUT2D eigenvalue weighted by Crippen LogP contribution is -2.06. The molecule has 100 valence electrons. The van der Waals surface area contributed by atoms with Crippen LogP contribution >= 0.6 is 15.9 Å². The molecule has 2 rings (SSSR count). The van der Waals surface area contributed by atoms with Crippen molar-refractivity contribution >= 4 is 15.9 Å². The van der Waals surface area contributed by atoms with Crippen molar-refractivity contribution in [1.29, 1.82) is 0 Å². The van der Waals surface area contributed by atoms with Gasteiger partial charge in [0.15, 0.2) is 0 Å². The molecule has 0 saturated carbocycles. The summed E-state index contributed by atoms with van der Waals surface area (Å²) in [6.07, 6.45) is 1.59. The van der Waals surface area contributed by atoms with Crippen LogP contribution in [-0.2, 0) is 6.42 Å². The van der Waals surface area contributed by atoms with Crippen molar-refractivity contribution < 1.29 is 9.84 Å². The summed E-state index contributed by atoms with van der Waals surface area (Å²) in [5.74, 6) is 0.676. The summed E-state index contributed by atoms with van der Waals surface area (Å²) in [7, 11) is 1.60. The second-order valence-electron chi connectivity index (χ2n) is 4.37. The maximum atomic E-state index is 10.4. The molecule has 0 amide bonds. The van der Waals surface area contributed by atoms with Crippen LogP contribution in [0.4, 0.5) is 0 Å². The van der Waals surface area contributed by atoms with Crippen molar-refractivity contribution in [3.63, 3.8) is 0 Å². The molecule has 1 aromatic carbocycles. The average Bonchev–Trinajstić information content (AvgIpc) is 2.41. The van der Waals surface area contributed by atoms with Gasteiger partial charge in [-0.25, -0.2) is 0 Å². The lowest BCUT2D eigenvalue weighted by molar-refractivity contribution is 0.172. The zero-order valence-electron chi connectivity index (χ0n) is 10.9. The molecule has 1 unspecified atom stereocenters. The number of methoxy groups -OCH3 is 1. The Morgan fingerprint density at radius 1 is 1.37 bits per heavy atom. The van der Waals surface area contributed by atoms with E-state index in [4.69, 9.17) is 4.74 Å². The first-order chi connectivity index (χ1) is 9.11. The molecule has 0 aliphatic rings. The van der Waals surface area contributed by atoms with Crippen LogP contribution in [-0.4, -0.2) is 17.2 Å². The Balaban J connectivity index is 2.25. The molecule has 1 heterocycles. The molecule has 1 aromatic heterocycles. The van der Waals surface area contributed by atoms with Crippen molar-refractivity contribution in [2.45, 2.75) is 19.4 Å². The Bertz CT molecular complexity index is 572. The Labute approximate surface area is 121 Å². The molecule has 19 heavy (non-hydrogen) atoms. The van der Waals surface area contributed by atoms with Gasteiger partial charge in [-0.1, -0.05) is 28.1 Å². The summed E-state index contributed by atoms with van der Waals surface area (Å²) < 4.78 is 6.23. The van der Waals surface area contributed by atoms with Crippen LogP contribution < -0.4 is 4.74 Å². The highest BCUT2D eigenvalue weighted by Crippen LogP contribution is 2.30. The molecule has 0 radical (unpaired) electrons. The van der Waals surface area contributed by atoms with Gasteiger partial charge in [0.05, 0.1) is 13.2 Å². The fraction of sp³-hybridized carbons (Fsp3) is 0.267. The SMILES string of the molecule is COc1cc(Br)ccc1C(O)Cc1ncccc1C. The molecule has 1 N–H and O–H groups in total. The van der Waals surface area contributed by atoms with Crippen LogP contribution in [0.15, 0.2) is 41.0 Å². The maximum absolute atomic E-state index is 10.4. The topological polar surface area (TPSA) is 42.4 Å². The minimum Gasteiger partial charge on any atom is -0.496 e. The zero-order valence-corrected chi connectivity index (χ0v) is 12.5. The molecule has 4 heteroatoms. The highest BCUT2D eigenvalue weighted by atomic mass is 79.9. The average molecular weight is 322 g/mol. The number of aromatic nitrogens is 1. The van der Waals surface area contributed by atoms with Gasteiger partial charge in [0, 0.05) is 28.3 Å². The molecule has 3 nitrogen and oxygen atoms in total. The highest BCUT2D eigenvalue weighted by molar-refractivity contribution is 9.10. The first kappa shape index (κ1) is 14.0. The predicted molar refractivity (Wildman–Crippen MR) is 78.3 cm³/mol. The molecule has 1 atom stereocenters. The summed E-state index contributed by atoms with van der Waals surface area (Å²) in [5, 5.41) is 10.4. The monoisotopic (exact) mass is 321 g/mol. The molecule has 0 spiro atoms. The Morgan fingerprint density at radius 2 is 2.16 bits per heavy atom. The molecular formula is C15H16BrNO2. The van der Waals surface area contributed by atoms with Crippen LogP contribution in [0.3, 0.4) is 0 Å². The number of hydrogen-bond acceptors (Lipinski definition) is 3. The molecule has 0 bridgehead atoms. The number of nitrogens with zero attached hydrogens (tertiary/aromatic N) is 1. The van der Waals surface area contributed by atoms with Gasteiger partial charge in [-0.05, 0) is 30.7 Å². The second-order valence-corrected chi connectivity index (χ2v) is 5.29. The van der Waals surface area contributed by atoms with Crippen molar-refractivity contribution in [1.82, 2.24) is 4.98 Å². The number of aryl methyl sites for hydroxylation is 1. The number of pyridine rings is 1. The van der Waals surface area contributed by atoms with Crippen LogP contribution in [0.1, 0.15) is 22.9 Å². The summed E-state index contributed by atoms with van der Waals surface area (Å²) in [6.45, 7) is 1.99. The smallest absolute Gasteiger partial charge is 0.125 e. The van der Waals surface area contributed by atoms with E-state index in [1.54, 1.807) is 13.3 Å². The van der Waals surface area contributed by atoms with Gasteiger partial charge in [-0.3, -0.25) is 4.98 Å². The summed E-state index contributed by atoms with van der Waals surface area (Å²) in [6, 6.07) is 9.50. The van der Waals surface area contributed by atoms with Crippen molar-refractivity contribution in [2.75, 3.05) is 7.11 Å². The van der Waals surface area contributed by atoms with Crippen LogP contribution in [0.25, 0.3) is 0 Å². The largest absolute Gasteiger partial charge is 0.496 e. The van der Waals surface area contributed by atoms with E-state index in [2.05, 4.69) is 20.9 Å². The van der Waals surface area contributed by atoms with Crippen molar-refractivity contribution in [3.8, 4) is 5.75 Å². The summed E-state index contributed by atoms with van der Waals surface area (Å²) in [4.78, 5) is 4.31. The number of benzene rings is 1. The van der Waals surface area contributed by atoms with Gasteiger partial charge < -0.3 is 9.84 Å². The lowest BCUT2D eigenvalue weighted by atomic mass is 10.0. The number of aliphatic hydroxyl groups excluding tert-OH is 1. The summed E-state index contributed by atoms with van der Waals surface area (Å²) >= 11 is 3.39. The molecule has 0 aliphatic carbocycles. The fourth-order valence-electron chi connectivity index (χ4n) is 1.99. The Hall–Kier alpha value is -1.39. The first-order valence-electron chi connectivity index (χ1n) is 6.04. The quantitative estimate of drug-likeness (QED) is 0.938. The molecular weight excluding hydrogens is 306 g/mol. The fourth-order valence-corrected chi connectivity index (χ4v) is 2.33. The molecule has 0 saturated heterocycles. The van der Waals surface area contributed by atoms with Gasteiger partial charge in [0.25, 0.3) is 0 Å². The zero-order chi connectivity index (χ0) is 13.8. The predicted octanol–water partition coefficient (Wildman–Crippen LogP) is 3.44. The van der Waals surface area contributed by atoms with E-state index >= 15 is 0 Å². The van der Waals surface area contributed by atoms with Gasteiger partial charge in [-0.15, -0.1) is 0 Å². The van der Waals surface area contributed by atoms with Crippen molar-refractivity contribution in [2.24, 2.45) is 0 Å². The van der Waals surface area contributed by atoms with E-state index in [1.165, 1.54) is 0 Å². The second kappa shape index (κ2) is 6.17. The van der Waals surface area contributed by atoms with E-state index in [1.807, 2.05) is 37.3 Å². The minimum absolute atomic E-state index is 0.477. The van der Waals surface area contributed by atoms with Crippen molar-refractivity contribution in [3.05, 3.63) is 57.8 Å². The van der Waals surface area contributed by atoms with Gasteiger partial charge >= 0.3 is 0 Å². The van der Waals surface area contributed by atoms with E-state index < -0.39 is 6.10 Å². The number of rotatable bonds is 4.